The molecule has 0 aliphatic heterocycles. The van der Waals surface area contributed by atoms with Crippen LogP contribution in [0.5, 0.6) is 5.75 Å². The van der Waals surface area contributed by atoms with Crippen molar-refractivity contribution >= 4 is 11.0 Å². The number of phenols is 1. The molecule has 0 radical (unpaired) electrons. The molecule has 0 fully saturated rings. The molecule has 1 N–H and O–H groups in total. The summed E-state index contributed by atoms with van der Waals surface area (Å²) in [4.78, 5) is 10.2. The van der Waals surface area contributed by atoms with Gasteiger partial charge in [-0.15, -0.1) is 29.3 Å². The number of rotatable bonds is 8. The fraction of sp³-hybridized carbons (Fsp3) is 0.263. The summed E-state index contributed by atoms with van der Waals surface area (Å²) in [5.74, 6) is -0.384. The van der Waals surface area contributed by atoms with E-state index in [9.17, 15) is 5.11 Å². The van der Waals surface area contributed by atoms with E-state index in [4.69, 9.17) is 15.5 Å². The first-order valence-corrected chi connectivity index (χ1v) is 21.2. The number of hydrogen-bond donors (Lipinski definition) is 1. The van der Waals surface area contributed by atoms with Gasteiger partial charge in [0.05, 0.1) is 22.3 Å². The first-order chi connectivity index (χ1) is 30.5. The van der Waals surface area contributed by atoms with E-state index in [1.807, 2.05) is 79.2 Å². The van der Waals surface area contributed by atoms with Crippen molar-refractivity contribution in [3.63, 3.8) is 0 Å². The van der Waals surface area contributed by atoms with Gasteiger partial charge in [0.25, 0.3) is 0 Å². The summed E-state index contributed by atoms with van der Waals surface area (Å²) in [6.07, 6.45) is 1.85. The summed E-state index contributed by atoms with van der Waals surface area (Å²) in [5.41, 5.74) is 13.4. The minimum absolute atomic E-state index is 0. The van der Waals surface area contributed by atoms with E-state index >= 15 is 0 Å². The Kier molecular flexibility index (Phi) is 11.0. The van der Waals surface area contributed by atoms with Gasteiger partial charge in [-0.25, -0.2) is 4.98 Å². The van der Waals surface area contributed by atoms with E-state index in [0.29, 0.717) is 28.1 Å². The standard InChI is InChI=1S/C57H58N3O.Pt/c1-35(2)45-17-14-18-46(36(3)4)53(45)40-24-27-50(37(5)30-40)60-51-20-15-19-47(54(51)59-55(60)48-16-12-13-21-52(48)61)41-31-42(33-44(32-41)57(9,10)11)49-34-39(28-29-58-49)38-22-25-43(26-23-38)56(6,7)8;/h12-30,32-36,61H,1-11H3;/q-1;/i5D3,35D;. The van der Waals surface area contributed by atoms with Crippen molar-refractivity contribution in [1.82, 2.24) is 14.5 Å². The van der Waals surface area contributed by atoms with Gasteiger partial charge >= 0.3 is 0 Å². The molecule has 0 aliphatic rings. The topological polar surface area (TPSA) is 50.9 Å². The number of imidazole rings is 1. The molecule has 5 heteroatoms. The van der Waals surface area contributed by atoms with Gasteiger partial charge in [0.2, 0.25) is 0 Å². The number of pyridine rings is 1. The zero-order valence-electron chi connectivity index (χ0n) is 41.4. The normalized spacial score (nSPS) is 13.3. The van der Waals surface area contributed by atoms with Gasteiger partial charge in [0.1, 0.15) is 11.6 Å². The Labute approximate surface area is 389 Å². The largest absolute Gasteiger partial charge is 0.507 e. The van der Waals surface area contributed by atoms with Crippen molar-refractivity contribution in [3.8, 4) is 67.5 Å². The maximum absolute atomic E-state index is 11.4. The Hall–Kier alpha value is -5.57. The van der Waals surface area contributed by atoms with E-state index in [1.54, 1.807) is 24.3 Å². The van der Waals surface area contributed by atoms with Crippen LogP contribution in [0.15, 0.2) is 134 Å². The third-order valence-electron chi connectivity index (χ3n) is 11.8. The maximum atomic E-state index is 11.4. The zero-order chi connectivity index (χ0) is 46.8. The van der Waals surface area contributed by atoms with Crippen molar-refractivity contribution < 1.29 is 31.7 Å². The number of hydrogen-bond acceptors (Lipinski definition) is 3. The average Bonchev–Trinajstić information content (AvgIpc) is 3.64. The van der Waals surface area contributed by atoms with Crippen LogP contribution in [0.25, 0.3) is 72.7 Å². The molecule has 0 amide bonds. The van der Waals surface area contributed by atoms with Crippen LogP contribution in [0.3, 0.4) is 0 Å². The van der Waals surface area contributed by atoms with Crippen LogP contribution in [-0.4, -0.2) is 19.6 Å². The Balaban J connectivity index is 0.00000648. The molecule has 0 saturated carbocycles. The monoisotopic (exact) mass is 999 g/mol. The van der Waals surface area contributed by atoms with Crippen molar-refractivity contribution in [1.29, 1.82) is 0 Å². The van der Waals surface area contributed by atoms with Gasteiger partial charge in [-0.1, -0.05) is 159 Å². The third-order valence-corrected chi connectivity index (χ3v) is 11.8. The summed E-state index contributed by atoms with van der Waals surface area (Å²) < 4.78 is 37.9. The second-order valence-corrected chi connectivity index (χ2v) is 18.8. The molecule has 0 aliphatic carbocycles. The summed E-state index contributed by atoms with van der Waals surface area (Å²) in [7, 11) is 0. The quantitative estimate of drug-likeness (QED) is 0.154. The molecule has 318 valence electrons. The Morgan fingerprint density at radius 1 is 0.661 bits per heavy atom. The molecule has 2 heterocycles. The molecule has 0 unspecified atom stereocenters. The van der Waals surface area contributed by atoms with E-state index in [0.717, 1.165) is 61.3 Å². The van der Waals surface area contributed by atoms with Crippen LogP contribution < -0.4 is 0 Å². The van der Waals surface area contributed by atoms with Crippen LogP contribution >= 0.6 is 0 Å². The molecule has 0 saturated heterocycles. The smallest absolute Gasteiger partial charge is 0.148 e. The van der Waals surface area contributed by atoms with Crippen LogP contribution in [0.2, 0.25) is 0 Å². The van der Waals surface area contributed by atoms with E-state index in [-0.39, 0.29) is 49.1 Å². The number of benzene rings is 6. The predicted octanol–water partition coefficient (Wildman–Crippen LogP) is 15.4. The number of fused-ring (bicyclic) bond motifs is 1. The number of aromatic hydroxyl groups is 1. The van der Waals surface area contributed by atoms with Crippen LogP contribution in [0.1, 0.15) is 114 Å². The van der Waals surface area contributed by atoms with Crippen molar-refractivity contribution in [2.75, 3.05) is 0 Å². The summed E-state index contributed by atoms with van der Waals surface area (Å²) in [6.45, 7) is 18.6. The van der Waals surface area contributed by atoms with E-state index < -0.39 is 12.7 Å². The van der Waals surface area contributed by atoms with Crippen LogP contribution in [0, 0.1) is 12.9 Å². The fourth-order valence-corrected chi connectivity index (χ4v) is 8.29. The number of aromatic nitrogens is 3. The second-order valence-electron chi connectivity index (χ2n) is 18.8. The molecule has 8 rings (SSSR count). The zero-order valence-corrected chi connectivity index (χ0v) is 39.7. The summed E-state index contributed by atoms with van der Waals surface area (Å²) in [5, 5.41) is 11.4. The van der Waals surface area contributed by atoms with Gasteiger partial charge in [-0.05, 0) is 110 Å². The average molecular weight is 1000 g/mol. The first-order valence-electron chi connectivity index (χ1n) is 23.2. The molecule has 2 aromatic heterocycles. The molecule has 8 aromatic rings. The minimum atomic E-state index is -2.54. The molecular weight excluding hydrogens is 938 g/mol. The first kappa shape index (κ1) is 39.3. The molecule has 0 spiro atoms. The van der Waals surface area contributed by atoms with Gasteiger partial charge in [0, 0.05) is 38.4 Å². The molecule has 4 nitrogen and oxygen atoms in total. The Morgan fingerprint density at radius 2 is 1.32 bits per heavy atom. The Bertz CT molecular complexity index is 3070. The number of nitrogens with zero attached hydrogens (tertiary/aromatic N) is 3. The molecule has 0 bridgehead atoms. The van der Waals surface area contributed by atoms with Crippen LogP contribution in [0.4, 0.5) is 0 Å². The molecule has 62 heavy (non-hydrogen) atoms. The molecular formula is C57H58N3OPt-. The summed E-state index contributed by atoms with van der Waals surface area (Å²) in [6, 6.07) is 45.5. The third kappa shape index (κ3) is 8.60. The number of para-hydroxylation sites is 2. The van der Waals surface area contributed by atoms with E-state index in [1.165, 1.54) is 5.56 Å². The van der Waals surface area contributed by atoms with Crippen molar-refractivity contribution in [2.45, 2.75) is 98.7 Å². The SMILES string of the molecule is [2H]C([2H])([2H])c1cc(-c2c(C(C)C)cccc2C([2H])(C)C)ccc1-n1c(-c2ccccc2O)nc2c(-c3[c-]c(-c4cc(-c5ccc(C(C)(C)C)cc5)ccn4)cc(C(C)(C)C)c3)cccc21.[Pt]. The Morgan fingerprint density at radius 3 is 2.00 bits per heavy atom. The molecule has 0 atom stereocenters. The van der Waals surface area contributed by atoms with Gasteiger partial charge in [-0.3, -0.25) is 9.55 Å². The van der Waals surface area contributed by atoms with Gasteiger partial charge < -0.3 is 5.11 Å². The van der Waals surface area contributed by atoms with Gasteiger partial charge in [-0.2, -0.15) is 0 Å². The van der Waals surface area contributed by atoms with Crippen molar-refractivity contribution in [2.24, 2.45) is 0 Å². The summed E-state index contributed by atoms with van der Waals surface area (Å²) >= 11 is 0. The number of phenolic OH excluding ortho intramolecular Hbond substituents is 1. The fourth-order valence-electron chi connectivity index (χ4n) is 8.29. The number of aryl methyl sites for hydroxylation is 1. The van der Waals surface area contributed by atoms with E-state index in [2.05, 4.69) is 110 Å². The maximum Gasteiger partial charge on any atom is 0.148 e. The van der Waals surface area contributed by atoms with Crippen LogP contribution in [-0.2, 0) is 31.9 Å². The second kappa shape index (κ2) is 17.3. The van der Waals surface area contributed by atoms with Gasteiger partial charge in [0.15, 0.2) is 0 Å². The van der Waals surface area contributed by atoms with Crippen molar-refractivity contribution in [3.05, 3.63) is 167 Å². The predicted molar refractivity (Wildman–Crippen MR) is 257 cm³/mol. The molecule has 6 aromatic carbocycles. The minimum Gasteiger partial charge on any atom is -0.507 e.